The minimum Gasteiger partial charge on any atom is -0.456 e. The van der Waals surface area contributed by atoms with Crippen LogP contribution in [0.5, 0.6) is 0 Å². The normalized spacial score (nSPS) is 23.2. The van der Waals surface area contributed by atoms with Crippen molar-refractivity contribution >= 4 is 32.1 Å². The highest BCUT2D eigenvalue weighted by Gasteiger charge is 2.33. The smallest absolute Gasteiger partial charge is 0.251 e. The van der Waals surface area contributed by atoms with Gasteiger partial charge in [-0.1, -0.05) is 18.2 Å². The molecule has 5 rings (SSSR count). The number of benzene rings is 2. The fraction of sp³-hybridized carbons (Fsp3) is 0.414. The minimum atomic E-state index is -4.23. The Bertz CT molecular complexity index is 1550. The first-order valence-corrected chi connectivity index (χ1v) is 14.8. The number of fused-ring (bicyclic) bond motifs is 1. The zero-order valence-corrected chi connectivity index (χ0v) is 23.4. The maximum Gasteiger partial charge on any atom is 0.251 e. The Morgan fingerprint density at radius 2 is 1.80 bits per heavy atom. The van der Waals surface area contributed by atoms with E-state index in [1.54, 1.807) is 18.2 Å². The molecular weight excluding hydrogens is 532 g/mol. The average molecular weight is 567 g/mol. The maximum atomic E-state index is 12.9. The van der Waals surface area contributed by atoms with Crippen LogP contribution in [0.3, 0.4) is 0 Å². The van der Waals surface area contributed by atoms with Gasteiger partial charge in [0.05, 0.1) is 12.2 Å². The minimum absolute atomic E-state index is 0.156. The first-order chi connectivity index (χ1) is 19.2. The van der Waals surface area contributed by atoms with Crippen molar-refractivity contribution in [2.24, 2.45) is 0 Å². The summed E-state index contributed by atoms with van der Waals surface area (Å²) >= 11 is 0. The molecule has 2 aliphatic rings. The molecule has 0 amide bonds. The van der Waals surface area contributed by atoms with Crippen LogP contribution in [0.15, 0.2) is 57.9 Å². The van der Waals surface area contributed by atoms with E-state index in [2.05, 4.69) is 39.8 Å². The van der Waals surface area contributed by atoms with Crippen LogP contribution in [-0.4, -0.2) is 88.2 Å². The number of hydrogen-bond donors (Lipinski definition) is 3. The van der Waals surface area contributed by atoms with Crippen molar-refractivity contribution in [2.75, 3.05) is 51.3 Å². The molecule has 3 heterocycles. The molecular formula is C29H34N4O6S. The Morgan fingerprint density at radius 3 is 2.55 bits per heavy atom. The first-order valence-electron chi connectivity index (χ1n) is 13.3. The van der Waals surface area contributed by atoms with Crippen LogP contribution >= 0.6 is 0 Å². The molecule has 0 radical (unpaired) electrons. The van der Waals surface area contributed by atoms with Gasteiger partial charge in [-0.15, -0.1) is 0 Å². The summed E-state index contributed by atoms with van der Waals surface area (Å²) in [6.45, 7) is 5.50. The number of likely N-dealkylation sites (N-methyl/N-ethyl adjacent to an activating group) is 1. The van der Waals surface area contributed by atoms with Crippen LogP contribution in [0.4, 0.5) is 5.69 Å². The molecule has 40 heavy (non-hydrogen) atoms. The molecule has 2 fully saturated rings. The van der Waals surface area contributed by atoms with E-state index in [1.165, 1.54) is 12.6 Å². The van der Waals surface area contributed by atoms with Gasteiger partial charge in [0.15, 0.2) is 4.91 Å². The number of nitrogens with one attached hydrogen (secondary N) is 1. The largest absolute Gasteiger partial charge is 0.456 e. The number of sulfonamides is 1. The number of rotatable bonds is 7. The summed E-state index contributed by atoms with van der Waals surface area (Å²) in [5.41, 5.74) is 2.19. The van der Waals surface area contributed by atoms with E-state index >= 15 is 0 Å². The Morgan fingerprint density at radius 1 is 1.07 bits per heavy atom. The standard InChI is InChI=1S/C29H34N4O6S/c1-19(28(17-30)40(36,37)31-18-27-29(35)24(34)9-14-38-27)25-7-8-26(39-25)22-4-3-21-16-23(6-5-20(21)15-22)33-12-10-32(2)11-13-33/h3-8,15-16,24,27,29,31,34-35H,9-14,18H2,1-2H3/b28-19+/t24-,27-,29+/m1/s1. The molecule has 10 nitrogen and oxygen atoms in total. The zero-order valence-electron chi connectivity index (χ0n) is 22.6. The van der Waals surface area contributed by atoms with Crippen LogP contribution < -0.4 is 9.62 Å². The van der Waals surface area contributed by atoms with Gasteiger partial charge in [0.25, 0.3) is 10.0 Å². The van der Waals surface area contributed by atoms with Crippen molar-refractivity contribution < 1.29 is 27.8 Å². The molecule has 3 atom stereocenters. The second kappa shape index (κ2) is 11.7. The number of aliphatic hydroxyl groups is 2. The van der Waals surface area contributed by atoms with Crippen molar-refractivity contribution in [1.82, 2.24) is 9.62 Å². The topological polar surface area (TPSA) is 139 Å². The van der Waals surface area contributed by atoms with Crippen molar-refractivity contribution in [3.05, 3.63) is 59.2 Å². The molecule has 1 aromatic heterocycles. The third-order valence-corrected chi connectivity index (χ3v) is 9.14. The highest BCUT2D eigenvalue weighted by molar-refractivity contribution is 7.93. The SMILES string of the molecule is C/C(=C(/C#N)S(=O)(=O)NC[C@H]1OCC[C@@H](O)[C@@H]1O)c1ccc(-c2ccc3cc(N4CCN(C)CC4)ccc3c2)o1. The van der Waals surface area contributed by atoms with Crippen molar-refractivity contribution in [3.8, 4) is 17.4 Å². The number of nitriles is 1. The maximum absolute atomic E-state index is 12.9. The number of hydrogen-bond acceptors (Lipinski definition) is 9. The summed E-state index contributed by atoms with van der Waals surface area (Å²) in [6.07, 6.45) is -2.87. The number of nitrogens with zero attached hydrogens (tertiary/aromatic N) is 3. The summed E-state index contributed by atoms with van der Waals surface area (Å²) in [5.74, 6) is 0.807. The molecule has 0 saturated carbocycles. The van der Waals surface area contributed by atoms with E-state index in [4.69, 9.17) is 9.15 Å². The summed E-state index contributed by atoms with van der Waals surface area (Å²) < 4.78 is 39.6. The van der Waals surface area contributed by atoms with E-state index in [9.17, 15) is 23.9 Å². The molecule has 2 aliphatic heterocycles. The molecule has 0 spiro atoms. The fourth-order valence-corrected chi connectivity index (χ4v) is 6.25. The van der Waals surface area contributed by atoms with Gasteiger partial charge in [-0.2, -0.15) is 5.26 Å². The van der Waals surface area contributed by atoms with Gasteiger partial charge in [0.1, 0.15) is 23.7 Å². The van der Waals surface area contributed by atoms with Gasteiger partial charge in [0, 0.05) is 56.2 Å². The number of furan rings is 1. The van der Waals surface area contributed by atoms with Crippen LogP contribution in [0.2, 0.25) is 0 Å². The third kappa shape index (κ3) is 5.93. The van der Waals surface area contributed by atoms with Crippen molar-refractivity contribution in [2.45, 2.75) is 31.7 Å². The predicted molar refractivity (Wildman–Crippen MR) is 153 cm³/mol. The molecule has 2 saturated heterocycles. The van der Waals surface area contributed by atoms with Crippen LogP contribution in [0.1, 0.15) is 19.1 Å². The lowest BCUT2D eigenvalue weighted by Gasteiger charge is -2.34. The molecule has 3 N–H and O–H groups in total. The van der Waals surface area contributed by atoms with Crippen LogP contribution in [-0.2, 0) is 14.8 Å². The molecule has 0 unspecified atom stereocenters. The lowest BCUT2D eigenvalue weighted by Crippen LogP contribution is -2.49. The summed E-state index contributed by atoms with van der Waals surface area (Å²) in [5, 5.41) is 31.8. The predicted octanol–water partition coefficient (Wildman–Crippen LogP) is 2.54. The second-order valence-electron chi connectivity index (χ2n) is 10.4. The lowest BCUT2D eigenvalue weighted by molar-refractivity contribution is -0.131. The van der Waals surface area contributed by atoms with Crippen LogP contribution in [0.25, 0.3) is 27.7 Å². The van der Waals surface area contributed by atoms with E-state index in [1.807, 2.05) is 18.2 Å². The van der Waals surface area contributed by atoms with Gasteiger partial charge < -0.3 is 29.2 Å². The molecule has 0 aliphatic carbocycles. The first kappa shape index (κ1) is 28.3. The molecule has 2 aromatic carbocycles. The van der Waals surface area contributed by atoms with Crippen LogP contribution in [0, 0.1) is 11.3 Å². The summed E-state index contributed by atoms with van der Waals surface area (Å²) in [7, 11) is -2.09. The second-order valence-corrected chi connectivity index (χ2v) is 12.1. The Labute approximate surface area is 234 Å². The number of anilines is 1. The monoisotopic (exact) mass is 566 g/mol. The number of aliphatic hydroxyl groups excluding tert-OH is 2. The molecule has 0 bridgehead atoms. The van der Waals surface area contributed by atoms with Gasteiger partial charge in [-0.25, -0.2) is 13.1 Å². The average Bonchev–Trinajstić information content (AvgIpc) is 3.44. The number of ether oxygens (including phenoxy) is 1. The van der Waals surface area contributed by atoms with E-state index in [-0.39, 0.29) is 30.9 Å². The quantitative estimate of drug-likeness (QED) is 0.368. The Balaban J connectivity index is 1.33. The van der Waals surface area contributed by atoms with Gasteiger partial charge in [-0.3, -0.25) is 0 Å². The molecule has 212 valence electrons. The van der Waals surface area contributed by atoms with Gasteiger partial charge >= 0.3 is 0 Å². The molecule has 11 heteroatoms. The third-order valence-electron chi connectivity index (χ3n) is 7.66. The van der Waals surface area contributed by atoms with E-state index < -0.39 is 33.2 Å². The van der Waals surface area contributed by atoms with Crippen molar-refractivity contribution in [3.63, 3.8) is 0 Å². The van der Waals surface area contributed by atoms with E-state index in [0.29, 0.717) is 5.76 Å². The molecule has 3 aromatic rings. The lowest BCUT2D eigenvalue weighted by atomic mass is 10.0. The summed E-state index contributed by atoms with van der Waals surface area (Å²) in [4.78, 5) is 4.23. The Hall–Kier alpha value is -3.24. The number of allylic oxidation sites excluding steroid dienone is 2. The van der Waals surface area contributed by atoms with Crippen molar-refractivity contribution in [1.29, 1.82) is 5.26 Å². The zero-order chi connectivity index (χ0) is 28.4. The summed E-state index contributed by atoms with van der Waals surface area (Å²) in [6, 6.07) is 17.6. The highest BCUT2D eigenvalue weighted by Crippen LogP contribution is 2.32. The van der Waals surface area contributed by atoms with E-state index in [0.717, 1.165) is 42.5 Å². The van der Waals surface area contributed by atoms with Gasteiger partial charge in [0.2, 0.25) is 0 Å². The number of piperazine rings is 1. The highest BCUT2D eigenvalue weighted by atomic mass is 32.2. The Kier molecular flexibility index (Phi) is 8.28. The van der Waals surface area contributed by atoms with Gasteiger partial charge in [-0.05, 0) is 61.5 Å². The fourth-order valence-electron chi connectivity index (χ4n) is 5.10.